The van der Waals surface area contributed by atoms with Gasteiger partial charge in [0.1, 0.15) is 6.42 Å². The van der Waals surface area contributed by atoms with Gasteiger partial charge in [0.25, 0.3) is 0 Å². The summed E-state index contributed by atoms with van der Waals surface area (Å²) in [6.07, 6.45) is -5.86. The van der Waals surface area contributed by atoms with E-state index in [2.05, 4.69) is 15.9 Å². The summed E-state index contributed by atoms with van der Waals surface area (Å²) in [6, 6.07) is 3.13. The molecule has 0 fully saturated rings. The molecule has 0 spiro atoms. The average molecular weight is 295 g/mol. The molecule has 0 amide bonds. The molecular formula is C11H10BrF3O. The summed E-state index contributed by atoms with van der Waals surface area (Å²) in [5.41, 5.74) is 1.43. The van der Waals surface area contributed by atoms with Crippen molar-refractivity contribution in [1.82, 2.24) is 0 Å². The second kappa shape index (κ2) is 4.57. The summed E-state index contributed by atoms with van der Waals surface area (Å²) in [5, 5.41) is 0. The predicted molar refractivity (Wildman–Crippen MR) is 58.6 cm³/mol. The van der Waals surface area contributed by atoms with Crippen molar-refractivity contribution < 1.29 is 18.0 Å². The number of carbonyl (C=O) groups excluding carboxylic acids is 1. The molecule has 0 bridgehead atoms. The largest absolute Gasteiger partial charge is 0.396 e. The fourth-order valence-electron chi connectivity index (χ4n) is 1.36. The van der Waals surface area contributed by atoms with Gasteiger partial charge in [-0.3, -0.25) is 4.79 Å². The zero-order valence-electron chi connectivity index (χ0n) is 8.78. The minimum atomic E-state index is -4.45. The Hall–Kier alpha value is -0.840. The quantitative estimate of drug-likeness (QED) is 0.747. The van der Waals surface area contributed by atoms with Crippen LogP contribution in [0.2, 0.25) is 0 Å². The molecule has 0 aliphatic carbocycles. The molecule has 0 saturated carbocycles. The number of aryl methyl sites for hydroxylation is 2. The summed E-state index contributed by atoms with van der Waals surface area (Å²) in [5.74, 6) is -0.888. The van der Waals surface area contributed by atoms with Crippen LogP contribution in [0.4, 0.5) is 13.2 Å². The molecule has 1 rings (SSSR count). The van der Waals surface area contributed by atoms with Crippen LogP contribution in [-0.4, -0.2) is 12.0 Å². The molecule has 1 aromatic rings. The van der Waals surface area contributed by atoms with Crippen molar-refractivity contribution in [3.05, 3.63) is 33.3 Å². The predicted octanol–water partition coefficient (Wildman–Crippen LogP) is 4.20. The van der Waals surface area contributed by atoms with Crippen LogP contribution >= 0.6 is 15.9 Å². The van der Waals surface area contributed by atoms with Crippen LogP contribution in [0.25, 0.3) is 0 Å². The molecule has 0 atom stereocenters. The maximum Gasteiger partial charge on any atom is 0.396 e. The molecule has 5 heteroatoms. The molecule has 0 aromatic heterocycles. The molecule has 88 valence electrons. The fraction of sp³-hybridized carbons (Fsp3) is 0.364. The Morgan fingerprint density at radius 1 is 1.25 bits per heavy atom. The monoisotopic (exact) mass is 294 g/mol. The maximum absolute atomic E-state index is 12.1. The Kier molecular flexibility index (Phi) is 3.78. The van der Waals surface area contributed by atoms with E-state index in [-0.39, 0.29) is 5.56 Å². The molecule has 0 aliphatic rings. The van der Waals surface area contributed by atoms with Gasteiger partial charge in [0.2, 0.25) is 0 Å². The lowest BCUT2D eigenvalue weighted by atomic mass is 10.0. The highest BCUT2D eigenvalue weighted by atomic mass is 79.9. The normalized spacial score (nSPS) is 11.6. The number of carbonyl (C=O) groups is 1. The van der Waals surface area contributed by atoms with Crippen LogP contribution in [0.5, 0.6) is 0 Å². The van der Waals surface area contributed by atoms with Gasteiger partial charge in [0, 0.05) is 10.0 Å². The molecule has 0 heterocycles. The first-order valence-corrected chi connectivity index (χ1v) is 5.36. The number of hydrogen-bond donors (Lipinski definition) is 0. The number of rotatable bonds is 2. The van der Waals surface area contributed by atoms with Crippen molar-refractivity contribution in [1.29, 1.82) is 0 Å². The van der Waals surface area contributed by atoms with Gasteiger partial charge >= 0.3 is 6.18 Å². The lowest BCUT2D eigenvalue weighted by molar-refractivity contribution is -0.125. The van der Waals surface area contributed by atoms with Gasteiger partial charge in [-0.2, -0.15) is 13.2 Å². The third-order valence-corrected chi connectivity index (χ3v) is 3.02. The Morgan fingerprint density at radius 3 is 2.31 bits per heavy atom. The standard InChI is InChI=1S/C11H10BrF3O/c1-6-4-9(12)7(2)3-8(6)10(16)5-11(13,14)15/h3-4H,5H2,1-2H3. The van der Waals surface area contributed by atoms with Gasteiger partial charge < -0.3 is 0 Å². The Bertz CT molecular complexity index is 424. The third-order valence-electron chi connectivity index (χ3n) is 2.17. The van der Waals surface area contributed by atoms with Crippen molar-refractivity contribution in [2.75, 3.05) is 0 Å². The van der Waals surface area contributed by atoms with E-state index >= 15 is 0 Å². The van der Waals surface area contributed by atoms with Gasteiger partial charge in [-0.15, -0.1) is 0 Å². The van der Waals surface area contributed by atoms with Gasteiger partial charge in [-0.25, -0.2) is 0 Å². The first-order chi connectivity index (χ1) is 7.20. The zero-order valence-corrected chi connectivity index (χ0v) is 10.4. The fourth-order valence-corrected chi connectivity index (χ4v) is 1.82. The number of benzene rings is 1. The van der Waals surface area contributed by atoms with Gasteiger partial charge in [0.05, 0.1) is 0 Å². The van der Waals surface area contributed by atoms with Crippen molar-refractivity contribution in [2.24, 2.45) is 0 Å². The topological polar surface area (TPSA) is 17.1 Å². The number of alkyl halides is 3. The van der Waals surface area contributed by atoms with Crippen LogP contribution in [0.3, 0.4) is 0 Å². The van der Waals surface area contributed by atoms with E-state index in [0.29, 0.717) is 5.56 Å². The Morgan fingerprint density at radius 2 is 1.81 bits per heavy atom. The number of halogens is 4. The highest BCUT2D eigenvalue weighted by Gasteiger charge is 2.32. The van der Waals surface area contributed by atoms with Crippen LogP contribution in [0.15, 0.2) is 16.6 Å². The molecule has 0 N–H and O–H groups in total. The highest BCUT2D eigenvalue weighted by molar-refractivity contribution is 9.10. The van der Waals surface area contributed by atoms with Crippen LogP contribution < -0.4 is 0 Å². The van der Waals surface area contributed by atoms with Gasteiger partial charge in [-0.05, 0) is 37.1 Å². The highest BCUT2D eigenvalue weighted by Crippen LogP contribution is 2.26. The first kappa shape index (κ1) is 13.2. The number of hydrogen-bond acceptors (Lipinski definition) is 1. The average Bonchev–Trinajstić information content (AvgIpc) is 2.08. The van der Waals surface area contributed by atoms with E-state index in [9.17, 15) is 18.0 Å². The molecule has 0 aliphatic heterocycles. The smallest absolute Gasteiger partial charge is 0.294 e. The summed E-state index contributed by atoms with van der Waals surface area (Å²) in [4.78, 5) is 11.4. The van der Waals surface area contributed by atoms with Crippen molar-refractivity contribution in [2.45, 2.75) is 26.4 Å². The third kappa shape index (κ3) is 3.33. The van der Waals surface area contributed by atoms with E-state index in [1.165, 1.54) is 6.07 Å². The number of Topliss-reactive ketones (excluding diaryl/α,β-unsaturated/α-hetero) is 1. The summed E-state index contributed by atoms with van der Waals surface area (Å²) >= 11 is 3.26. The van der Waals surface area contributed by atoms with Crippen molar-refractivity contribution in [3.8, 4) is 0 Å². The van der Waals surface area contributed by atoms with Crippen molar-refractivity contribution in [3.63, 3.8) is 0 Å². The van der Waals surface area contributed by atoms with Gasteiger partial charge in [-0.1, -0.05) is 15.9 Å². The van der Waals surface area contributed by atoms with Crippen LogP contribution in [-0.2, 0) is 0 Å². The molecule has 1 aromatic carbocycles. The minimum absolute atomic E-state index is 0.137. The van der Waals surface area contributed by atoms with E-state index in [1.54, 1.807) is 19.9 Å². The lowest BCUT2D eigenvalue weighted by Crippen LogP contribution is -2.16. The molecular weight excluding hydrogens is 285 g/mol. The lowest BCUT2D eigenvalue weighted by Gasteiger charge is -2.09. The molecule has 0 saturated heterocycles. The van der Waals surface area contributed by atoms with E-state index in [4.69, 9.17) is 0 Å². The van der Waals surface area contributed by atoms with E-state index in [0.717, 1.165) is 10.0 Å². The summed E-state index contributed by atoms with van der Waals surface area (Å²) in [7, 11) is 0. The Balaban J connectivity index is 3.05. The molecule has 0 unspecified atom stereocenters. The Labute approximate surface area is 99.8 Å². The van der Waals surface area contributed by atoms with Crippen LogP contribution in [0.1, 0.15) is 27.9 Å². The number of ketones is 1. The minimum Gasteiger partial charge on any atom is -0.294 e. The van der Waals surface area contributed by atoms with E-state index in [1.807, 2.05) is 0 Å². The van der Waals surface area contributed by atoms with Crippen molar-refractivity contribution >= 4 is 21.7 Å². The molecule has 16 heavy (non-hydrogen) atoms. The first-order valence-electron chi connectivity index (χ1n) is 4.57. The maximum atomic E-state index is 12.1. The molecule has 0 radical (unpaired) electrons. The molecule has 1 nitrogen and oxygen atoms in total. The SMILES string of the molecule is Cc1cc(C(=O)CC(F)(F)F)c(C)cc1Br. The van der Waals surface area contributed by atoms with Crippen LogP contribution in [0, 0.1) is 13.8 Å². The summed E-state index contributed by atoms with van der Waals surface area (Å²) < 4.78 is 37.0. The zero-order chi connectivity index (χ0) is 12.5. The van der Waals surface area contributed by atoms with E-state index < -0.39 is 18.4 Å². The second-order valence-electron chi connectivity index (χ2n) is 3.63. The van der Waals surface area contributed by atoms with Gasteiger partial charge in [0.15, 0.2) is 5.78 Å². The summed E-state index contributed by atoms with van der Waals surface area (Å²) in [6.45, 7) is 3.35. The second-order valence-corrected chi connectivity index (χ2v) is 4.49.